The number of phenols is 1. The van der Waals surface area contributed by atoms with E-state index in [9.17, 15) is 5.11 Å². The van der Waals surface area contributed by atoms with Gasteiger partial charge in [0.25, 0.3) is 0 Å². The van der Waals surface area contributed by atoms with Crippen LogP contribution in [-0.4, -0.2) is 35.1 Å². The highest BCUT2D eigenvalue weighted by Crippen LogP contribution is 2.26. The topological polar surface area (TPSA) is 39.3 Å². The van der Waals surface area contributed by atoms with Gasteiger partial charge in [-0.25, -0.2) is 0 Å². The van der Waals surface area contributed by atoms with Gasteiger partial charge in [0.1, 0.15) is 5.75 Å². The fourth-order valence-electron chi connectivity index (χ4n) is 2.21. The van der Waals surface area contributed by atoms with Crippen molar-refractivity contribution >= 4 is 10.9 Å². The average Bonchev–Trinajstić information content (AvgIpc) is 2.90. The molecule has 0 spiro atoms. The third kappa shape index (κ3) is 2.80. The maximum Gasteiger partial charge on any atom is 0.125 e. The van der Waals surface area contributed by atoms with E-state index in [2.05, 4.69) is 16.9 Å². The number of nitrogens with one attached hydrogen (secondary N) is 1. The van der Waals surface area contributed by atoms with Crippen LogP contribution < -0.4 is 0 Å². The lowest BCUT2D eigenvalue weighted by Crippen LogP contribution is -2.10. The Hall–Kier alpha value is -1.48. The van der Waals surface area contributed by atoms with Gasteiger partial charge >= 0.3 is 0 Å². The molecule has 1 fully saturated rings. The predicted molar refractivity (Wildman–Crippen MR) is 71.4 cm³/mol. The van der Waals surface area contributed by atoms with Gasteiger partial charge in [0, 0.05) is 17.1 Å². The summed E-state index contributed by atoms with van der Waals surface area (Å²) < 4.78 is 0. The summed E-state index contributed by atoms with van der Waals surface area (Å²) in [7, 11) is 2.17. The highest BCUT2D eigenvalue weighted by Gasteiger charge is 2.03. The Labute approximate surface area is 102 Å². The van der Waals surface area contributed by atoms with Gasteiger partial charge in [0.15, 0.2) is 0 Å². The van der Waals surface area contributed by atoms with E-state index in [1.165, 1.54) is 25.9 Å². The summed E-state index contributed by atoms with van der Waals surface area (Å²) in [4.78, 5) is 5.43. The molecule has 3 rings (SSSR count). The molecule has 1 aromatic heterocycles. The number of hydrogen-bond acceptors (Lipinski definition) is 2. The fourth-order valence-corrected chi connectivity index (χ4v) is 2.21. The molecule has 1 saturated heterocycles. The molecular weight excluding hydrogens is 212 g/mol. The first-order valence-corrected chi connectivity index (χ1v) is 6.12. The van der Waals surface area contributed by atoms with Crippen molar-refractivity contribution in [2.24, 2.45) is 0 Å². The molecule has 17 heavy (non-hydrogen) atoms. The number of benzene rings is 1. The second kappa shape index (κ2) is 5.23. The smallest absolute Gasteiger partial charge is 0.125 e. The molecule has 1 aromatic carbocycles. The number of aryl methyl sites for hydroxylation is 1. The Morgan fingerprint density at radius 3 is 2.47 bits per heavy atom. The molecular formula is C14H20N2O. The molecule has 3 heteroatoms. The van der Waals surface area contributed by atoms with Gasteiger partial charge in [-0.2, -0.15) is 0 Å². The maximum absolute atomic E-state index is 9.42. The molecule has 3 nitrogen and oxygen atoms in total. The number of aromatic nitrogens is 1. The predicted octanol–water partition coefficient (Wildman–Crippen LogP) is 2.89. The molecule has 0 unspecified atom stereocenters. The lowest BCUT2D eigenvalue weighted by Gasteiger charge is -2.01. The van der Waals surface area contributed by atoms with Crippen LogP contribution in [0.3, 0.4) is 0 Å². The minimum atomic E-state index is 0.348. The summed E-state index contributed by atoms with van der Waals surface area (Å²) in [6, 6.07) is 5.47. The van der Waals surface area contributed by atoms with Crippen LogP contribution in [0.4, 0.5) is 0 Å². The molecule has 2 heterocycles. The highest BCUT2D eigenvalue weighted by atomic mass is 16.3. The molecule has 2 N–H and O–H groups in total. The van der Waals surface area contributed by atoms with Crippen LogP contribution in [-0.2, 0) is 0 Å². The van der Waals surface area contributed by atoms with Crippen molar-refractivity contribution in [2.45, 2.75) is 19.8 Å². The first kappa shape index (κ1) is 12.0. The lowest BCUT2D eigenvalue weighted by molar-refractivity contribution is 0.418. The zero-order chi connectivity index (χ0) is 12.3. The van der Waals surface area contributed by atoms with Crippen molar-refractivity contribution < 1.29 is 5.11 Å². The van der Waals surface area contributed by atoms with Crippen LogP contribution in [0, 0.1) is 6.92 Å². The summed E-state index contributed by atoms with van der Waals surface area (Å²) in [5, 5.41) is 10.3. The van der Waals surface area contributed by atoms with E-state index in [4.69, 9.17) is 0 Å². The fraction of sp³-hybridized carbons (Fsp3) is 0.429. The summed E-state index contributed by atoms with van der Waals surface area (Å²) in [5.74, 6) is 0.348. The molecule has 0 aliphatic carbocycles. The van der Waals surface area contributed by atoms with E-state index in [1.54, 1.807) is 6.07 Å². The summed E-state index contributed by atoms with van der Waals surface area (Å²) in [5.41, 5.74) is 2.07. The Balaban J connectivity index is 0.000000153. The first-order chi connectivity index (χ1) is 8.18. The lowest BCUT2D eigenvalue weighted by atomic mass is 10.2. The van der Waals surface area contributed by atoms with Crippen LogP contribution >= 0.6 is 0 Å². The van der Waals surface area contributed by atoms with E-state index >= 15 is 0 Å². The number of phenolic OH excluding ortho intramolecular Hbond substituents is 1. The Morgan fingerprint density at radius 2 is 1.94 bits per heavy atom. The highest BCUT2D eigenvalue weighted by molar-refractivity contribution is 5.88. The molecule has 0 amide bonds. The van der Waals surface area contributed by atoms with Crippen LogP contribution in [0.1, 0.15) is 18.4 Å². The number of fused-ring (bicyclic) bond motifs is 1. The molecule has 0 saturated carbocycles. The van der Waals surface area contributed by atoms with E-state index in [0.717, 1.165) is 16.5 Å². The molecule has 2 aromatic rings. The van der Waals surface area contributed by atoms with Crippen molar-refractivity contribution in [1.82, 2.24) is 9.88 Å². The zero-order valence-electron chi connectivity index (χ0n) is 10.5. The van der Waals surface area contributed by atoms with Gasteiger partial charge in [-0.3, -0.25) is 0 Å². The van der Waals surface area contributed by atoms with E-state index < -0.39 is 0 Å². The standard InChI is InChI=1S/C9H9NO.C5H11N/c1-6-5-10-7-3-2-4-8(11)9(6)7;1-6-4-2-3-5-6/h2-5,10-11H,1H3;2-5H2,1H3. The van der Waals surface area contributed by atoms with E-state index in [-0.39, 0.29) is 0 Å². The van der Waals surface area contributed by atoms with Gasteiger partial charge in [-0.15, -0.1) is 0 Å². The second-order valence-corrected chi connectivity index (χ2v) is 4.68. The van der Waals surface area contributed by atoms with Crippen molar-refractivity contribution in [3.63, 3.8) is 0 Å². The number of rotatable bonds is 0. The van der Waals surface area contributed by atoms with E-state index in [1.807, 2.05) is 25.3 Å². The Kier molecular flexibility index (Phi) is 3.69. The number of aromatic amines is 1. The molecule has 0 atom stereocenters. The normalized spacial score (nSPS) is 15.9. The van der Waals surface area contributed by atoms with Crippen LogP contribution in [0.2, 0.25) is 0 Å². The van der Waals surface area contributed by atoms with Crippen molar-refractivity contribution in [1.29, 1.82) is 0 Å². The molecule has 1 aliphatic rings. The van der Waals surface area contributed by atoms with Crippen molar-refractivity contribution in [2.75, 3.05) is 20.1 Å². The SMILES string of the molecule is CN1CCCC1.Cc1c[nH]c2cccc(O)c12. The van der Waals surface area contributed by atoms with E-state index in [0.29, 0.717) is 5.75 Å². The van der Waals surface area contributed by atoms with Crippen molar-refractivity contribution in [3.8, 4) is 5.75 Å². The second-order valence-electron chi connectivity index (χ2n) is 4.68. The third-order valence-electron chi connectivity index (χ3n) is 3.21. The maximum atomic E-state index is 9.42. The zero-order valence-corrected chi connectivity index (χ0v) is 10.5. The van der Waals surface area contributed by atoms with Crippen LogP contribution in [0.5, 0.6) is 5.75 Å². The van der Waals surface area contributed by atoms with Gasteiger partial charge < -0.3 is 15.0 Å². The number of nitrogens with zero attached hydrogens (tertiary/aromatic N) is 1. The van der Waals surface area contributed by atoms with Gasteiger partial charge in [0.05, 0.1) is 0 Å². The first-order valence-electron chi connectivity index (χ1n) is 6.12. The molecule has 92 valence electrons. The number of H-pyrrole nitrogens is 1. The third-order valence-corrected chi connectivity index (χ3v) is 3.21. The minimum absolute atomic E-state index is 0.348. The summed E-state index contributed by atoms with van der Waals surface area (Å²) in [6.07, 6.45) is 4.72. The monoisotopic (exact) mass is 232 g/mol. The molecule has 0 bridgehead atoms. The van der Waals surface area contributed by atoms with Gasteiger partial charge in [-0.05, 0) is 57.6 Å². The number of likely N-dealkylation sites (tertiary alicyclic amines) is 1. The van der Waals surface area contributed by atoms with Crippen molar-refractivity contribution in [3.05, 3.63) is 30.0 Å². The minimum Gasteiger partial charge on any atom is -0.507 e. The number of hydrogen-bond donors (Lipinski definition) is 2. The largest absolute Gasteiger partial charge is 0.507 e. The average molecular weight is 232 g/mol. The quantitative estimate of drug-likeness (QED) is 0.733. The summed E-state index contributed by atoms with van der Waals surface area (Å²) in [6.45, 7) is 4.61. The Morgan fingerprint density at radius 1 is 1.24 bits per heavy atom. The number of aromatic hydroxyl groups is 1. The summed E-state index contributed by atoms with van der Waals surface area (Å²) >= 11 is 0. The molecule has 1 aliphatic heterocycles. The van der Waals surface area contributed by atoms with Crippen LogP contribution in [0.25, 0.3) is 10.9 Å². The Bertz CT molecular complexity index is 484. The molecule has 0 radical (unpaired) electrons. The van der Waals surface area contributed by atoms with Gasteiger partial charge in [-0.1, -0.05) is 6.07 Å². The van der Waals surface area contributed by atoms with Crippen LogP contribution in [0.15, 0.2) is 24.4 Å². The van der Waals surface area contributed by atoms with Gasteiger partial charge in [0.2, 0.25) is 0 Å².